The number of anilines is 1. The molecule has 2 fully saturated rings. The van der Waals surface area contributed by atoms with E-state index in [4.69, 9.17) is 4.74 Å². The molecule has 2 saturated heterocycles. The summed E-state index contributed by atoms with van der Waals surface area (Å²) in [6, 6.07) is 12.1. The van der Waals surface area contributed by atoms with Crippen LogP contribution in [0.5, 0.6) is 5.75 Å². The lowest BCUT2D eigenvalue weighted by molar-refractivity contribution is -0.134. The summed E-state index contributed by atoms with van der Waals surface area (Å²) in [5.74, 6) is 0.514. The number of rotatable bonds is 9. The van der Waals surface area contributed by atoms with Crippen molar-refractivity contribution in [1.29, 1.82) is 0 Å². The molecule has 3 amide bonds. The van der Waals surface area contributed by atoms with Crippen LogP contribution in [0.2, 0.25) is 0 Å². The number of carbonyl (C=O) groups excluding carboxylic acids is 3. The van der Waals surface area contributed by atoms with Crippen LogP contribution in [-0.4, -0.2) is 58.1 Å². The summed E-state index contributed by atoms with van der Waals surface area (Å²) in [6.45, 7) is 6.24. The van der Waals surface area contributed by atoms with Gasteiger partial charge in [0.05, 0.1) is 30.3 Å². The fourth-order valence-electron chi connectivity index (χ4n) is 6.04. The van der Waals surface area contributed by atoms with Gasteiger partial charge >= 0.3 is 0 Å². The van der Waals surface area contributed by atoms with Gasteiger partial charge in [0.25, 0.3) is 0 Å². The van der Waals surface area contributed by atoms with Gasteiger partial charge in [-0.25, -0.2) is 0 Å². The minimum atomic E-state index is -0.454. The van der Waals surface area contributed by atoms with E-state index in [1.165, 1.54) is 5.56 Å². The zero-order chi connectivity index (χ0) is 29.1. The first-order valence-corrected chi connectivity index (χ1v) is 15.2. The molecule has 2 aromatic carbocycles. The number of hydrogen-bond donors (Lipinski definition) is 2. The highest BCUT2D eigenvalue weighted by Crippen LogP contribution is 2.32. The Morgan fingerprint density at radius 2 is 2.02 bits per heavy atom. The van der Waals surface area contributed by atoms with Crippen LogP contribution in [0.25, 0.3) is 10.9 Å². The van der Waals surface area contributed by atoms with E-state index in [0.717, 1.165) is 53.4 Å². The van der Waals surface area contributed by atoms with Crippen molar-refractivity contribution in [2.75, 3.05) is 25.0 Å². The van der Waals surface area contributed by atoms with Crippen LogP contribution in [0.15, 0.2) is 40.9 Å². The average Bonchev–Trinajstić information content (AvgIpc) is 3.25. The second-order valence-electron chi connectivity index (χ2n) is 11.4. The minimum Gasteiger partial charge on any atom is -0.494 e. The Hall–Kier alpha value is -3.24. The molecule has 3 aromatic rings. The Bertz CT molecular complexity index is 1450. The van der Waals surface area contributed by atoms with E-state index >= 15 is 0 Å². The van der Waals surface area contributed by atoms with Crippen LogP contribution in [0.1, 0.15) is 62.6 Å². The number of aromatic nitrogens is 2. The number of aryl methyl sites for hydroxylation is 2. The predicted octanol–water partition coefficient (Wildman–Crippen LogP) is 5.06. The number of imide groups is 1. The van der Waals surface area contributed by atoms with E-state index in [1.54, 1.807) is 4.68 Å². The lowest BCUT2D eigenvalue weighted by Gasteiger charge is -2.37. The Kier molecular flexibility index (Phi) is 9.09. The molecule has 2 aliphatic rings. The molecule has 0 spiro atoms. The van der Waals surface area contributed by atoms with Crippen molar-refractivity contribution in [2.45, 2.75) is 64.3 Å². The summed E-state index contributed by atoms with van der Waals surface area (Å²) in [5.41, 5.74) is 3.36. The van der Waals surface area contributed by atoms with Crippen LogP contribution in [0, 0.1) is 12.8 Å². The number of likely N-dealkylation sites (tertiary alicyclic amines) is 1. The van der Waals surface area contributed by atoms with Gasteiger partial charge in [0.15, 0.2) is 0 Å². The van der Waals surface area contributed by atoms with Crippen molar-refractivity contribution in [2.24, 2.45) is 13.0 Å². The van der Waals surface area contributed by atoms with Crippen molar-refractivity contribution in [3.05, 3.63) is 52.1 Å². The molecule has 2 aliphatic heterocycles. The van der Waals surface area contributed by atoms with E-state index in [9.17, 15) is 14.4 Å². The molecule has 5 rings (SSSR count). The third-order valence-electron chi connectivity index (χ3n) is 8.36. The van der Waals surface area contributed by atoms with Crippen LogP contribution in [0.4, 0.5) is 5.69 Å². The van der Waals surface area contributed by atoms with E-state index in [1.807, 2.05) is 37.4 Å². The van der Waals surface area contributed by atoms with Crippen molar-refractivity contribution < 1.29 is 19.1 Å². The standard InChI is InChI=1S/C31H38BrN5O4/c1-19-15-23(7-10-26(19)32)41-14-4-5-21-12-13-37(20(2)16-21)18-29(39)33-22-6-8-24-27(17-22)36(3)35-30(24)25-9-11-28(38)34-31(25)40/h6-8,10,15,17,20-21,25H,4-5,9,11-14,16,18H2,1-3H3,(H,33,39)(H,34,38,40)/t20-,21-,25?/m0/s1. The van der Waals surface area contributed by atoms with Crippen LogP contribution < -0.4 is 15.4 Å². The van der Waals surface area contributed by atoms with Gasteiger partial charge in [-0.1, -0.05) is 15.9 Å². The molecule has 0 saturated carbocycles. The normalized spacial score (nSPS) is 21.6. The van der Waals surface area contributed by atoms with Gasteiger partial charge in [-0.3, -0.25) is 29.3 Å². The van der Waals surface area contributed by atoms with Crippen molar-refractivity contribution in [3.8, 4) is 5.75 Å². The monoisotopic (exact) mass is 623 g/mol. The molecule has 9 nitrogen and oxygen atoms in total. The molecule has 1 unspecified atom stereocenters. The molecule has 41 heavy (non-hydrogen) atoms. The van der Waals surface area contributed by atoms with Gasteiger partial charge < -0.3 is 10.1 Å². The fraction of sp³-hybridized carbons (Fsp3) is 0.484. The minimum absolute atomic E-state index is 0.0413. The summed E-state index contributed by atoms with van der Waals surface area (Å²) in [5, 5.41) is 10.9. The quantitative estimate of drug-likeness (QED) is 0.255. The van der Waals surface area contributed by atoms with Crippen molar-refractivity contribution in [1.82, 2.24) is 20.0 Å². The van der Waals surface area contributed by atoms with E-state index in [-0.39, 0.29) is 17.7 Å². The third-order valence-corrected chi connectivity index (χ3v) is 9.25. The average molecular weight is 625 g/mol. The molecule has 1 aromatic heterocycles. The van der Waals surface area contributed by atoms with E-state index < -0.39 is 5.92 Å². The lowest BCUT2D eigenvalue weighted by Crippen LogP contribution is -2.44. The Labute approximate surface area is 249 Å². The van der Waals surface area contributed by atoms with Crippen LogP contribution in [0.3, 0.4) is 0 Å². The number of piperidine rings is 2. The third kappa shape index (κ3) is 6.98. The number of nitrogens with one attached hydrogen (secondary N) is 2. The summed E-state index contributed by atoms with van der Waals surface area (Å²) >= 11 is 3.53. The highest BCUT2D eigenvalue weighted by atomic mass is 79.9. The fourth-order valence-corrected chi connectivity index (χ4v) is 6.29. The number of benzene rings is 2. The zero-order valence-corrected chi connectivity index (χ0v) is 25.5. The van der Waals surface area contributed by atoms with Gasteiger partial charge in [-0.2, -0.15) is 5.10 Å². The molecule has 3 atom stereocenters. The van der Waals surface area contributed by atoms with Crippen molar-refractivity contribution >= 4 is 50.2 Å². The van der Waals surface area contributed by atoms with Crippen LogP contribution >= 0.6 is 15.9 Å². The SMILES string of the molecule is Cc1cc(OCCC[C@H]2CCN(CC(=O)Nc3ccc4c(C5CCC(=O)NC5=O)nn(C)c4c3)[C@@H](C)C2)ccc1Br. The molecule has 0 radical (unpaired) electrons. The topological polar surface area (TPSA) is 106 Å². The number of halogens is 1. The maximum atomic E-state index is 13.0. The van der Waals surface area contributed by atoms with Gasteiger partial charge in [0.2, 0.25) is 17.7 Å². The number of carbonyl (C=O) groups is 3. The van der Waals surface area contributed by atoms with Gasteiger partial charge in [-0.15, -0.1) is 0 Å². The van der Waals surface area contributed by atoms with Gasteiger partial charge in [0.1, 0.15) is 5.75 Å². The maximum Gasteiger partial charge on any atom is 0.238 e. The van der Waals surface area contributed by atoms with Gasteiger partial charge in [-0.05, 0) is 100 Å². The number of amides is 3. The maximum absolute atomic E-state index is 13.0. The Morgan fingerprint density at radius 1 is 1.20 bits per heavy atom. The second-order valence-corrected chi connectivity index (χ2v) is 12.3. The summed E-state index contributed by atoms with van der Waals surface area (Å²) in [6.07, 6.45) is 5.07. The van der Waals surface area contributed by atoms with Crippen molar-refractivity contribution in [3.63, 3.8) is 0 Å². The number of ether oxygens (including phenoxy) is 1. The van der Waals surface area contributed by atoms with E-state index in [0.29, 0.717) is 49.3 Å². The molecule has 10 heteroatoms. The first kappa shape index (κ1) is 29.3. The highest BCUT2D eigenvalue weighted by molar-refractivity contribution is 9.10. The molecule has 0 aliphatic carbocycles. The summed E-state index contributed by atoms with van der Waals surface area (Å²) in [4.78, 5) is 39.2. The molecular weight excluding hydrogens is 586 g/mol. The van der Waals surface area contributed by atoms with E-state index in [2.05, 4.69) is 56.5 Å². The van der Waals surface area contributed by atoms with Crippen LogP contribution in [-0.2, 0) is 21.4 Å². The lowest BCUT2D eigenvalue weighted by atomic mass is 9.88. The number of nitrogens with zero attached hydrogens (tertiary/aromatic N) is 3. The zero-order valence-electron chi connectivity index (χ0n) is 23.9. The highest BCUT2D eigenvalue weighted by Gasteiger charge is 2.32. The Morgan fingerprint density at radius 3 is 2.78 bits per heavy atom. The molecule has 0 bridgehead atoms. The smallest absolute Gasteiger partial charge is 0.238 e. The largest absolute Gasteiger partial charge is 0.494 e. The first-order valence-electron chi connectivity index (χ1n) is 14.4. The molecular formula is C31H38BrN5O4. The molecule has 2 N–H and O–H groups in total. The summed E-state index contributed by atoms with van der Waals surface area (Å²) < 4.78 is 8.76. The molecule has 218 valence electrons. The molecule has 3 heterocycles. The van der Waals surface area contributed by atoms with Gasteiger partial charge in [0, 0.05) is 35.1 Å². The number of fused-ring (bicyclic) bond motifs is 1. The second kappa shape index (κ2) is 12.7. The summed E-state index contributed by atoms with van der Waals surface area (Å²) in [7, 11) is 1.82. The predicted molar refractivity (Wildman–Crippen MR) is 162 cm³/mol. The first-order chi connectivity index (χ1) is 19.7. The number of hydrogen-bond acceptors (Lipinski definition) is 6. The Balaban J connectivity index is 1.09.